The monoisotopic (exact) mass is 316 g/mol. The molecule has 5 nitrogen and oxygen atoms in total. The first-order valence-electron chi connectivity index (χ1n) is 6.19. The number of benzene rings is 1. The second-order valence-electron chi connectivity index (χ2n) is 4.82. The van der Waals surface area contributed by atoms with Crippen molar-refractivity contribution in [2.24, 2.45) is 11.7 Å². The predicted octanol–water partition coefficient (Wildman–Crippen LogP) is 1.27. The number of nitrogens with two attached hydrogens (primary N) is 1. The lowest BCUT2D eigenvalue weighted by Crippen LogP contribution is -2.41. The van der Waals surface area contributed by atoms with Crippen LogP contribution in [0.3, 0.4) is 0 Å². The molecule has 1 atom stereocenters. The first-order chi connectivity index (χ1) is 9.27. The molecule has 1 rings (SSSR count). The van der Waals surface area contributed by atoms with Gasteiger partial charge >= 0.3 is 0 Å². The molecule has 1 unspecified atom stereocenters. The van der Waals surface area contributed by atoms with Crippen LogP contribution in [0, 0.1) is 5.92 Å². The molecule has 3 N–H and O–H groups in total. The molecule has 0 aliphatic carbocycles. The van der Waals surface area contributed by atoms with Gasteiger partial charge in [0.1, 0.15) is 4.99 Å². The van der Waals surface area contributed by atoms with Crippen LogP contribution in [0.4, 0.5) is 0 Å². The highest BCUT2D eigenvalue weighted by Crippen LogP contribution is 2.14. The fourth-order valence-electron chi connectivity index (χ4n) is 1.63. The van der Waals surface area contributed by atoms with Crippen LogP contribution >= 0.6 is 12.2 Å². The van der Waals surface area contributed by atoms with Gasteiger partial charge < -0.3 is 10.5 Å². The number of hydrogen-bond acceptors (Lipinski definition) is 4. The molecular formula is C13H20N2O3S2. The summed E-state index contributed by atoms with van der Waals surface area (Å²) in [5.41, 5.74) is 6.04. The van der Waals surface area contributed by atoms with Crippen molar-refractivity contribution in [2.45, 2.75) is 24.8 Å². The zero-order valence-electron chi connectivity index (χ0n) is 11.8. The highest BCUT2D eigenvalue weighted by Gasteiger charge is 2.22. The Morgan fingerprint density at radius 1 is 1.45 bits per heavy atom. The van der Waals surface area contributed by atoms with E-state index in [1.165, 1.54) is 19.2 Å². The van der Waals surface area contributed by atoms with Crippen molar-refractivity contribution in [1.82, 2.24) is 4.72 Å². The van der Waals surface area contributed by atoms with Crippen molar-refractivity contribution in [1.29, 1.82) is 0 Å². The normalized spacial score (nSPS) is 13.4. The van der Waals surface area contributed by atoms with E-state index in [2.05, 4.69) is 4.72 Å². The Labute approximate surface area is 125 Å². The standard InChI is InChI=1S/C13H20N2O3S2/c1-9(2)12(8-18-3)15-20(16,17)11-6-4-5-10(7-11)13(14)19/h4-7,9,12,15H,8H2,1-3H3,(H2,14,19). The maximum atomic E-state index is 12.3. The quantitative estimate of drug-likeness (QED) is 0.740. The summed E-state index contributed by atoms with van der Waals surface area (Å²) in [5.74, 6) is 0.114. The number of rotatable bonds is 7. The Morgan fingerprint density at radius 3 is 2.60 bits per heavy atom. The zero-order chi connectivity index (χ0) is 15.3. The maximum Gasteiger partial charge on any atom is 0.240 e. The molecule has 112 valence electrons. The molecule has 0 aromatic heterocycles. The van der Waals surface area contributed by atoms with E-state index in [-0.39, 0.29) is 21.8 Å². The Hall–Kier alpha value is -1.02. The van der Waals surface area contributed by atoms with E-state index in [0.29, 0.717) is 12.2 Å². The predicted molar refractivity (Wildman–Crippen MR) is 83.2 cm³/mol. The van der Waals surface area contributed by atoms with Crippen LogP contribution in [0.25, 0.3) is 0 Å². The molecule has 0 amide bonds. The minimum atomic E-state index is -3.63. The van der Waals surface area contributed by atoms with Crippen molar-refractivity contribution in [3.8, 4) is 0 Å². The summed E-state index contributed by atoms with van der Waals surface area (Å²) in [4.78, 5) is 0.309. The summed E-state index contributed by atoms with van der Waals surface area (Å²) in [6.45, 7) is 4.17. The molecule has 1 aromatic rings. The Kier molecular flexibility index (Phi) is 6.07. The highest BCUT2D eigenvalue weighted by atomic mass is 32.2. The minimum Gasteiger partial charge on any atom is -0.389 e. The van der Waals surface area contributed by atoms with Crippen LogP contribution < -0.4 is 10.5 Å². The zero-order valence-corrected chi connectivity index (χ0v) is 13.4. The molecule has 0 saturated heterocycles. The van der Waals surface area contributed by atoms with E-state index in [0.717, 1.165) is 0 Å². The average molecular weight is 316 g/mol. The number of sulfonamides is 1. The third-order valence-electron chi connectivity index (χ3n) is 2.89. The lowest BCUT2D eigenvalue weighted by atomic mass is 10.1. The van der Waals surface area contributed by atoms with Crippen LogP contribution in [0.15, 0.2) is 29.2 Å². The summed E-state index contributed by atoms with van der Waals surface area (Å²) in [6.07, 6.45) is 0. The Bertz CT molecular complexity index is 571. The fourth-order valence-corrected chi connectivity index (χ4v) is 3.17. The second kappa shape index (κ2) is 7.12. The van der Waals surface area contributed by atoms with Gasteiger partial charge in [0.05, 0.1) is 11.5 Å². The molecule has 0 aliphatic rings. The second-order valence-corrected chi connectivity index (χ2v) is 6.97. The van der Waals surface area contributed by atoms with E-state index in [4.69, 9.17) is 22.7 Å². The van der Waals surface area contributed by atoms with Gasteiger partial charge in [-0.25, -0.2) is 13.1 Å². The minimum absolute atomic E-state index is 0.114. The van der Waals surface area contributed by atoms with E-state index in [1.807, 2.05) is 13.8 Å². The Balaban J connectivity index is 3.04. The molecular weight excluding hydrogens is 296 g/mol. The van der Waals surface area contributed by atoms with Gasteiger partial charge in [-0.05, 0) is 18.1 Å². The number of hydrogen-bond donors (Lipinski definition) is 2. The first-order valence-corrected chi connectivity index (χ1v) is 8.08. The molecule has 0 radical (unpaired) electrons. The smallest absolute Gasteiger partial charge is 0.240 e. The van der Waals surface area contributed by atoms with Crippen LogP contribution in [0.1, 0.15) is 19.4 Å². The molecule has 0 fully saturated rings. The summed E-state index contributed by atoms with van der Waals surface area (Å²) in [6, 6.07) is 5.97. The van der Waals surface area contributed by atoms with Gasteiger partial charge in [0, 0.05) is 18.7 Å². The molecule has 1 aromatic carbocycles. The molecule has 0 spiro atoms. The van der Waals surface area contributed by atoms with Gasteiger partial charge in [-0.1, -0.05) is 38.2 Å². The SMILES string of the molecule is COCC(NS(=O)(=O)c1cccc(C(N)=S)c1)C(C)C. The van der Waals surface area contributed by atoms with Crippen LogP contribution in [-0.2, 0) is 14.8 Å². The molecule has 20 heavy (non-hydrogen) atoms. The number of thiocarbonyl (C=S) groups is 1. The van der Waals surface area contributed by atoms with Crippen LogP contribution in [-0.4, -0.2) is 33.2 Å². The summed E-state index contributed by atoms with van der Waals surface area (Å²) in [5, 5.41) is 0. The van der Waals surface area contributed by atoms with Gasteiger partial charge in [0.15, 0.2) is 0 Å². The van der Waals surface area contributed by atoms with Crippen molar-refractivity contribution in [2.75, 3.05) is 13.7 Å². The molecule has 0 saturated carbocycles. The van der Waals surface area contributed by atoms with Crippen LogP contribution in [0.5, 0.6) is 0 Å². The first kappa shape index (κ1) is 17.0. The molecule has 0 heterocycles. The molecule has 0 bridgehead atoms. The molecule has 7 heteroatoms. The van der Waals surface area contributed by atoms with E-state index < -0.39 is 10.0 Å². The van der Waals surface area contributed by atoms with Crippen molar-refractivity contribution < 1.29 is 13.2 Å². The largest absolute Gasteiger partial charge is 0.389 e. The van der Waals surface area contributed by atoms with Crippen molar-refractivity contribution in [3.63, 3.8) is 0 Å². The van der Waals surface area contributed by atoms with Gasteiger partial charge in [-0.3, -0.25) is 0 Å². The number of ether oxygens (including phenoxy) is 1. The summed E-state index contributed by atoms with van der Waals surface area (Å²) >= 11 is 4.86. The number of nitrogens with one attached hydrogen (secondary N) is 1. The fraction of sp³-hybridized carbons (Fsp3) is 0.462. The maximum absolute atomic E-state index is 12.3. The van der Waals surface area contributed by atoms with E-state index in [1.54, 1.807) is 12.1 Å². The molecule has 0 aliphatic heterocycles. The van der Waals surface area contributed by atoms with Gasteiger partial charge in [-0.2, -0.15) is 0 Å². The summed E-state index contributed by atoms with van der Waals surface area (Å²) in [7, 11) is -2.09. The lowest BCUT2D eigenvalue weighted by molar-refractivity contribution is 0.157. The van der Waals surface area contributed by atoms with E-state index >= 15 is 0 Å². The topological polar surface area (TPSA) is 81.4 Å². The Morgan fingerprint density at radius 2 is 2.10 bits per heavy atom. The average Bonchev–Trinajstić information content (AvgIpc) is 2.38. The van der Waals surface area contributed by atoms with E-state index in [9.17, 15) is 8.42 Å². The lowest BCUT2D eigenvalue weighted by Gasteiger charge is -2.21. The third kappa shape index (κ3) is 4.52. The summed E-state index contributed by atoms with van der Waals surface area (Å²) < 4.78 is 32.4. The van der Waals surface area contributed by atoms with Crippen molar-refractivity contribution in [3.05, 3.63) is 29.8 Å². The number of methoxy groups -OCH3 is 1. The van der Waals surface area contributed by atoms with Gasteiger partial charge in [0.25, 0.3) is 0 Å². The van der Waals surface area contributed by atoms with Crippen molar-refractivity contribution >= 4 is 27.2 Å². The third-order valence-corrected chi connectivity index (χ3v) is 4.61. The van der Waals surface area contributed by atoms with Gasteiger partial charge in [-0.15, -0.1) is 0 Å². The van der Waals surface area contributed by atoms with Gasteiger partial charge in [0.2, 0.25) is 10.0 Å². The van der Waals surface area contributed by atoms with Crippen LogP contribution in [0.2, 0.25) is 0 Å². The highest BCUT2D eigenvalue weighted by molar-refractivity contribution is 7.89.